The van der Waals surface area contributed by atoms with Crippen LogP contribution in [-0.2, 0) is 0 Å². The molecule has 0 radical (unpaired) electrons. The zero-order valence-electron chi connectivity index (χ0n) is 5.50. The van der Waals surface area contributed by atoms with E-state index >= 15 is 0 Å². The Morgan fingerprint density at radius 2 is 2.27 bits per heavy atom. The molecule has 0 saturated heterocycles. The van der Waals surface area contributed by atoms with Gasteiger partial charge in [-0.25, -0.2) is 0 Å². The molecule has 1 rings (SSSR count). The molecule has 1 aromatic rings. The Morgan fingerprint density at radius 1 is 1.64 bits per heavy atom. The maximum absolute atomic E-state index is 10.7. The number of pyridine rings is 1. The zero-order chi connectivity index (χ0) is 8.43. The van der Waals surface area contributed by atoms with E-state index in [2.05, 4.69) is 4.98 Å². The molecule has 0 unspecified atom stereocenters. The van der Waals surface area contributed by atoms with Crippen molar-refractivity contribution in [3.05, 3.63) is 28.2 Å². The lowest BCUT2D eigenvalue weighted by Gasteiger charge is -1.96. The molecule has 5 nitrogen and oxygen atoms in total. The lowest BCUT2D eigenvalue weighted by atomic mass is 10.3. The molecule has 11 heavy (non-hydrogen) atoms. The Bertz CT molecular complexity index is 342. The van der Waals surface area contributed by atoms with Gasteiger partial charge in [-0.05, 0) is 0 Å². The lowest BCUT2D eigenvalue weighted by molar-refractivity contribution is 0.0992. The fourth-order valence-electron chi connectivity index (χ4n) is 0.659. The summed E-state index contributed by atoms with van der Waals surface area (Å²) in [5.74, 6) is -1.50. The number of aromatic amines is 1. The average molecular weight is 154 g/mol. The molecule has 5 heteroatoms. The van der Waals surface area contributed by atoms with Crippen LogP contribution in [0.1, 0.15) is 10.5 Å². The van der Waals surface area contributed by atoms with Gasteiger partial charge < -0.3 is 15.8 Å². The standard InChI is InChI=1S/C6H6N2O3/c7-6(11)4-5(10)3(9)1-2-8-4/h1-2,10H,(H2,7,11)(H,8,9). The Morgan fingerprint density at radius 3 is 2.73 bits per heavy atom. The third-order valence-electron chi connectivity index (χ3n) is 1.18. The summed E-state index contributed by atoms with van der Waals surface area (Å²) < 4.78 is 0. The van der Waals surface area contributed by atoms with Crippen LogP contribution in [0.5, 0.6) is 5.75 Å². The number of amides is 1. The monoisotopic (exact) mass is 154 g/mol. The van der Waals surface area contributed by atoms with Gasteiger partial charge in [0.1, 0.15) is 0 Å². The van der Waals surface area contributed by atoms with Crippen LogP contribution in [0.15, 0.2) is 17.1 Å². The fourth-order valence-corrected chi connectivity index (χ4v) is 0.659. The molecule has 0 aliphatic heterocycles. The average Bonchev–Trinajstić information content (AvgIpc) is 1.94. The molecule has 58 valence electrons. The normalized spacial score (nSPS) is 9.45. The van der Waals surface area contributed by atoms with Gasteiger partial charge in [0, 0.05) is 12.3 Å². The van der Waals surface area contributed by atoms with E-state index in [1.165, 1.54) is 6.20 Å². The Hall–Kier alpha value is -1.78. The van der Waals surface area contributed by atoms with Gasteiger partial charge in [-0.2, -0.15) is 0 Å². The first-order chi connectivity index (χ1) is 5.13. The predicted molar refractivity (Wildman–Crippen MR) is 37.2 cm³/mol. The second-order valence-corrected chi connectivity index (χ2v) is 1.93. The molecule has 0 fully saturated rings. The van der Waals surface area contributed by atoms with E-state index in [4.69, 9.17) is 10.8 Å². The first kappa shape index (κ1) is 7.33. The van der Waals surface area contributed by atoms with Crippen molar-refractivity contribution in [1.29, 1.82) is 0 Å². The molecule has 1 aromatic heterocycles. The second-order valence-electron chi connectivity index (χ2n) is 1.93. The van der Waals surface area contributed by atoms with Crippen LogP contribution in [0, 0.1) is 0 Å². The van der Waals surface area contributed by atoms with Crippen LogP contribution in [0.2, 0.25) is 0 Å². The SMILES string of the molecule is NC(=O)c1[nH]ccc(=O)c1O. The van der Waals surface area contributed by atoms with Gasteiger partial charge in [0.2, 0.25) is 5.43 Å². The van der Waals surface area contributed by atoms with E-state index in [0.29, 0.717) is 0 Å². The third-order valence-corrected chi connectivity index (χ3v) is 1.18. The van der Waals surface area contributed by atoms with Crippen molar-refractivity contribution in [2.75, 3.05) is 0 Å². The first-order valence-electron chi connectivity index (χ1n) is 2.83. The van der Waals surface area contributed by atoms with Crippen molar-refractivity contribution in [3.63, 3.8) is 0 Å². The molecular weight excluding hydrogens is 148 g/mol. The summed E-state index contributed by atoms with van der Waals surface area (Å²) in [6.45, 7) is 0. The molecule has 0 aliphatic rings. The second kappa shape index (κ2) is 2.45. The highest BCUT2D eigenvalue weighted by atomic mass is 16.3. The maximum atomic E-state index is 10.7. The molecule has 4 N–H and O–H groups in total. The van der Waals surface area contributed by atoms with Crippen LogP contribution in [0.4, 0.5) is 0 Å². The summed E-state index contributed by atoms with van der Waals surface area (Å²) in [5.41, 5.74) is 3.92. The number of nitrogens with one attached hydrogen (secondary N) is 1. The summed E-state index contributed by atoms with van der Waals surface area (Å²) in [5, 5.41) is 8.92. The first-order valence-corrected chi connectivity index (χ1v) is 2.83. The largest absolute Gasteiger partial charge is 0.503 e. The minimum absolute atomic E-state index is 0.266. The number of rotatable bonds is 1. The van der Waals surface area contributed by atoms with Crippen molar-refractivity contribution in [2.45, 2.75) is 0 Å². The smallest absolute Gasteiger partial charge is 0.269 e. The van der Waals surface area contributed by atoms with E-state index in [1.54, 1.807) is 0 Å². The highest BCUT2D eigenvalue weighted by Crippen LogP contribution is 2.04. The highest BCUT2D eigenvalue weighted by molar-refractivity contribution is 5.93. The van der Waals surface area contributed by atoms with Gasteiger partial charge in [-0.3, -0.25) is 9.59 Å². The van der Waals surface area contributed by atoms with E-state index in [1.807, 2.05) is 0 Å². The molecule has 0 saturated carbocycles. The van der Waals surface area contributed by atoms with Gasteiger partial charge in [-0.1, -0.05) is 0 Å². The third kappa shape index (κ3) is 1.21. The lowest BCUT2D eigenvalue weighted by Crippen LogP contribution is -2.16. The van der Waals surface area contributed by atoms with Crippen LogP contribution in [-0.4, -0.2) is 16.0 Å². The molecule has 0 bridgehead atoms. The molecule has 0 spiro atoms. The number of aromatic hydroxyl groups is 1. The molecular formula is C6H6N2O3. The van der Waals surface area contributed by atoms with E-state index in [9.17, 15) is 9.59 Å². The Kier molecular flexibility index (Phi) is 1.63. The molecule has 0 atom stereocenters. The van der Waals surface area contributed by atoms with Crippen molar-refractivity contribution in [3.8, 4) is 5.75 Å². The van der Waals surface area contributed by atoms with Gasteiger partial charge in [0.25, 0.3) is 5.91 Å². The maximum Gasteiger partial charge on any atom is 0.269 e. The van der Waals surface area contributed by atoms with Crippen LogP contribution < -0.4 is 11.2 Å². The summed E-state index contributed by atoms with van der Waals surface area (Å²) in [6.07, 6.45) is 1.24. The molecule has 0 aliphatic carbocycles. The van der Waals surface area contributed by atoms with Crippen molar-refractivity contribution < 1.29 is 9.90 Å². The topological polar surface area (TPSA) is 96.2 Å². The Balaban J connectivity index is 3.39. The van der Waals surface area contributed by atoms with Gasteiger partial charge in [0.15, 0.2) is 11.4 Å². The van der Waals surface area contributed by atoms with E-state index in [-0.39, 0.29) is 5.69 Å². The number of hydrogen-bond acceptors (Lipinski definition) is 3. The van der Waals surface area contributed by atoms with Gasteiger partial charge in [-0.15, -0.1) is 0 Å². The van der Waals surface area contributed by atoms with Crippen LogP contribution in [0.3, 0.4) is 0 Å². The summed E-state index contributed by atoms with van der Waals surface area (Å²) >= 11 is 0. The fraction of sp³-hybridized carbons (Fsp3) is 0. The number of H-pyrrole nitrogens is 1. The molecule has 1 heterocycles. The number of carbonyl (C=O) groups excluding carboxylic acids is 1. The van der Waals surface area contributed by atoms with Gasteiger partial charge >= 0.3 is 0 Å². The zero-order valence-corrected chi connectivity index (χ0v) is 5.50. The number of nitrogens with two attached hydrogens (primary N) is 1. The minimum Gasteiger partial charge on any atom is -0.503 e. The quantitative estimate of drug-likeness (QED) is 0.493. The van der Waals surface area contributed by atoms with Crippen LogP contribution in [0.25, 0.3) is 0 Å². The highest BCUT2D eigenvalue weighted by Gasteiger charge is 2.08. The summed E-state index contributed by atoms with van der Waals surface area (Å²) in [4.78, 5) is 23.5. The van der Waals surface area contributed by atoms with E-state index in [0.717, 1.165) is 6.07 Å². The molecule has 1 amide bonds. The minimum atomic E-state index is -0.861. The summed E-state index contributed by atoms with van der Waals surface area (Å²) in [6, 6.07) is 1.10. The number of carbonyl (C=O) groups is 1. The van der Waals surface area contributed by atoms with Crippen molar-refractivity contribution in [2.24, 2.45) is 5.73 Å². The summed E-state index contributed by atoms with van der Waals surface area (Å²) in [7, 11) is 0. The van der Waals surface area contributed by atoms with E-state index < -0.39 is 17.1 Å². The molecule has 0 aromatic carbocycles. The number of hydrogen-bond donors (Lipinski definition) is 3. The number of primary amides is 1. The Labute approximate surface area is 61.5 Å². The number of aromatic nitrogens is 1. The van der Waals surface area contributed by atoms with Crippen molar-refractivity contribution in [1.82, 2.24) is 4.98 Å². The van der Waals surface area contributed by atoms with Crippen LogP contribution >= 0.6 is 0 Å². The van der Waals surface area contributed by atoms with Gasteiger partial charge in [0.05, 0.1) is 0 Å². The predicted octanol–water partition coefficient (Wildman–Crippen LogP) is -0.821. The van der Waals surface area contributed by atoms with Crippen molar-refractivity contribution >= 4 is 5.91 Å².